The number of nitrogens with one attached hydrogen (secondary N) is 1. The number of hydrogen-bond acceptors (Lipinski definition) is 3. The molecule has 6 heteroatoms. The van der Waals surface area contributed by atoms with Gasteiger partial charge in [0, 0.05) is 34.2 Å². The number of halogens is 1. The molecular weight excluding hydrogens is 500 g/mol. The average molecular weight is 534 g/mol. The van der Waals surface area contributed by atoms with Crippen molar-refractivity contribution in [1.82, 2.24) is 14.9 Å². The van der Waals surface area contributed by atoms with Gasteiger partial charge in [0.05, 0.1) is 18.8 Å². The number of hydrazone groups is 1. The van der Waals surface area contributed by atoms with Crippen molar-refractivity contribution >= 4 is 39.0 Å². The van der Waals surface area contributed by atoms with Gasteiger partial charge in [0.25, 0.3) is 5.91 Å². The van der Waals surface area contributed by atoms with Crippen molar-refractivity contribution in [2.45, 2.75) is 69.9 Å². The Kier molecular flexibility index (Phi) is 6.50. The first-order valence-electron chi connectivity index (χ1n) is 13.1. The number of carbonyl (C=O) groups is 1. The number of fused-ring (bicyclic) bond motifs is 3. The summed E-state index contributed by atoms with van der Waals surface area (Å²) in [5.74, 6) is 0.682. The average Bonchev–Trinajstić information content (AvgIpc) is 3.21. The summed E-state index contributed by atoms with van der Waals surface area (Å²) in [4.78, 5) is 15.1. The Morgan fingerprint density at radius 1 is 1.06 bits per heavy atom. The van der Waals surface area contributed by atoms with Gasteiger partial charge in [0.15, 0.2) is 0 Å². The second-order valence-corrected chi connectivity index (χ2v) is 11.3. The standard InChI is InChI=1S/C29H33BrN4O/c30-23-9-4-6-20(16-23)18-31-32-28(35)19-33-14-15-34-26-13-12-22(21-7-2-1-3-8-21)17-25(26)24-10-5-11-27(33)29(24)34/h4,6,9,12-13,16-18,21,27H,1-3,5,7-8,10-11,14-15,19H2,(H,32,35)/b31-18+/t27-/m0/s1. The monoisotopic (exact) mass is 532 g/mol. The predicted octanol–water partition coefficient (Wildman–Crippen LogP) is 6.29. The van der Waals surface area contributed by atoms with Gasteiger partial charge in [-0.25, -0.2) is 5.43 Å². The highest BCUT2D eigenvalue weighted by molar-refractivity contribution is 9.10. The minimum absolute atomic E-state index is 0.0486. The van der Waals surface area contributed by atoms with Gasteiger partial charge in [-0.15, -0.1) is 0 Å². The fourth-order valence-electron chi connectivity index (χ4n) is 6.56. The first-order valence-corrected chi connectivity index (χ1v) is 13.9. The fourth-order valence-corrected chi connectivity index (χ4v) is 6.98. The second kappa shape index (κ2) is 9.90. The van der Waals surface area contributed by atoms with Crippen LogP contribution in [-0.2, 0) is 17.8 Å². The summed E-state index contributed by atoms with van der Waals surface area (Å²) in [6.45, 7) is 2.22. The summed E-state index contributed by atoms with van der Waals surface area (Å²) >= 11 is 3.47. The molecule has 0 bridgehead atoms. The van der Waals surface area contributed by atoms with E-state index in [1.54, 1.807) is 6.21 Å². The number of nitrogens with zero attached hydrogens (tertiary/aromatic N) is 3. The number of rotatable bonds is 5. The Morgan fingerprint density at radius 2 is 1.94 bits per heavy atom. The number of benzene rings is 2. The lowest BCUT2D eigenvalue weighted by molar-refractivity contribution is -0.123. The predicted molar refractivity (Wildman–Crippen MR) is 145 cm³/mol. The molecule has 0 radical (unpaired) electrons. The summed E-state index contributed by atoms with van der Waals surface area (Å²) in [6.07, 6.45) is 12.0. The van der Waals surface area contributed by atoms with Gasteiger partial charge in [-0.3, -0.25) is 9.69 Å². The van der Waals surface area contributed by atoms with Crippen LogP contribution in [0.2, 0.25) is 0 Å². The first kappa shape index (κ1) is 23.0. The molecule has 1 N–H and O–H groups in total. The van der Waals surface area contributed by atoms with Crippen molar-refractivity contribution in [2.75, 3.05) is 13.1 Å². The van der Waals surface area contributed by atoms with E-state index < -0.39 is 0 Å². The van der Waals surface area contributed by atoms with Crippen molar-refractivity contribution in [2.24, 2.45) is 5.10 Å². The van der Waals surface area contributed by atoms with Gasteiger partial charge < -0.3 is 4.57 Å². The fraction of sp³-hybridized carbons (Fsp3) is 0.448. The van der Waals surface area contributed by atoms with Crippen LogP contribution in [0.25, 0.3) is 10.9 Å². The third-order valence-electron chi connectivity index (χ3n) is 8.18. The van der Waals surface area contributed by atoms with Crippen LogP contribution in [0.4, 0.5) is 0 Å². The van der Waals surface area contributed by atoms with E-state index >= 15 is 0 Å². The maximum Gasteiger partial charge on any atom is 0.254 e. The smallest absolute Gasteiger partial charge is 0.254 e. The van der Waals surface area contributed by atoms with E-state index in [2.05, 4.69) is 54.1 Å². The number of hydrogen-bond donors (Lipinski definition) is 1. The third-order valence-corrected chi connectivity index (χ3v) is 8.68. The van der Waals surface area contributed by atoms with E-state index in [9.17, 15) is 4.79 Å². The van der Waals surface area contributed by atoms with Crippen LogP contribution in [0.3, 0.4) is 0 Å². The van der Waals surface area contributed by atoms with E-state index in [0.717, 1.165) is 41.9 Å². The van der Waals surface area contributed by atoms with E-state index in [1.807, 2.05) is 24.3 Å². The molecule has 35 heavy (non-hydrogen) atoms. The Bertz CT molecular complexity index is 1270. The number of amides is 1. The van der Waals surface area contributed by atoms with Gasteiger partial charge in [0.2, 0.25) is 0 Å². The van der Waals surface area contributed by atoms with Gasteiger partial charge in [-0.1, -0.05) is 53.4 Å². The van der Waals surface area contributed by atoms with E-state index in [4.69, 9.17) is 0 Å². The lowest BCUT2D eigenvalue weighted by Crippen LogP contribution is -2.44. The molecule has 1 amide bonds. The number of aromatic nitrogens is 1. The van der Waals surface area contributed by atoms with Crippen molar-refractivity contribution in [1.29, 1.82) is 0 Å². The van der Waals surface area contributed by atoms with Gasteiger partial charge >= 0.3 is 0 Å². The van der Waals surface area contributed by atoms with Crippen LogP contribution in [0.15, 0.2) is 52.0 Å². The first-order chi connectivity index (χ1) is 17.2. The maximum atomic E-state index is 12.8. The van der Waals surface area contributed by atoms with Crippen LogP contribution in [-0.4, -0.2) is 34.7 Å². The summed E-state index contributed by atoms with van der Waals surface area (Å²) in [5.41, 5.74) is 9.62. The highest BCUT2D eigenvalue weighted by atomic mass is 79.9. The molecule has 3 aromatic rings. The Hall–Kier alpha value is -2.44. The zero-order valence-corrected chi connectivity index (χ0v) is 21.8. The van der Waals surface area contributed by atoms with Crippen molar-refractivity contribution < 1.29 is 4.79 Å². The molecule has 1 fully saturated rings. The van der Waals surface area contributed by atoms with E-state index in [1.165, 1.54) is 66.2 Å². The molecule has 2 heterocycles. The number of carbonyl (C=O) groups excluding carboxylic acids is 1. The summed E-state index contributed by atoms with van der Waals surface area (Å²) in [7, 11) is 0. The lowest BCUT2D eigenvalue weighted by Gasteiger charge is -2.39. The van der Waals surface area contributed by atoms with Gasteiger partial charge in [-0.05, 0) is 79.0 Å². The molecule has 3 aliphatic rings. The molecule has 0 spiro atoms. The zero-order chi connectivity index (χ0) is 23.8. The molecule has 1 saturated carbocycles. The van der Waals surface area contributed by atoms with Crippen LogP contribution >= 0.6 is 15.9 Å². The van der Waals surface area contributed by atoms with Crippen LogP contribution in [0.1, 0.15) is 79.3 Å². The third kappa shape index (κ3) is 4.58. The van der Waals surface area contributed by atoms with Gasteiger partial charge in [-0.2, -0.15) is 5.10 Å². The lowest BCUT2D eigenvalue weighted by atomic mass is 9.83. The molecule has 2 aliphatic carbocycles. The molecular formula is C29H33BrN4O. The van der Waals surface area contributed by atoms with Crippen LogP contribution in [0.5, 0.6) is 0 Å². The minimum atomic E-state index is -0.0486. The largest absolute Gasteiger partial charge is 0.342 e. The zero-order valence-electron chi connectivity index (χ0n) is 20.2. The molecule has 5 nitrogen and oxygen atoms in total. The molecule has 1 aliphatic heterocycles. The SMILES string of the molecule is O=C(CN1CCn2c3c(c4cc(C5CCCCC5)ccc42)CCC[C@@H]31)N/N=C/c1cccc(Br)c1. The Morgan fingerprint density at radius 3 is 2.80 bits per heavy atom. The number of aryl methyl sites for hydroxylation is 1. The molecule has 1 aromatic heterocycles. The maximum absolute atomic E-state index is 12.8. The summed E-state index contributed by atoms with van der Waals surface area (Å²) in [6, 6.07) is 15.5. The van der Waals surface area contributed by atoms with Crippen LogP contribution in [0, 0.1) is 0 Å². The Labute approximate surface area is 215 Å². The van der Waals surface area contributed by atoms with Gasteiger partial charge in [0.1, 0.15) is 0 Å². The minimum Gasteiger partial charge on any atom is -0.342 e. The van der Waals surface area contributed by atoms with E-state index in [0.29, 0.717) is 12.6 Å². The molecule has 182 valence electrons. The highest BCUT2D eigenvalue weighted by Gasteiger charge is 2.35. The molecule has 6 rings (SSSR count). The summed E-state index contributed by atoms with van der Waals surface area (Å²) < 4.78 is 3.55. The van der Waals surface area contributed by atoms with Crippen molar-refractivity contribution in [3.05, 3.63) is 69.3 Å². The van der Waals surface area contributed by atoms with Crippen molar-refractivity contribution in [3.63, 3.8) is 0 Å². The molecule has 0 saturated heterocycles. The highest BCUT2D eigenvalue weighted by Crippen LogP contribution is 2.44. The Balaban J connectivity index is 1.20. The quantitative estimate of drug-likeness (QED) is 0.309. The second-order valence-electron chi connectivity index (χ2n) is 10.4. The molecule has 1 atom stereocenters. The molecule has 0 unspecified atom stereocenters. The molecule has 2 aromatic carbocycles. The van der Waals surface area contributed by atoms with E-state index in [-0.39, 0.29) is 5.91 Å². The normalized spacial score (nSPS) is 20.9. The van der Waals surface area contributed by atoms with Crippen LogP contribution < -0.4 is 5.43 Å². The topological polar surface area (TPSA) is 49.6 Å². The van der Waals surface area contributed by atoms with Crippen molar-refractivity contribution in [3.8, 4) is 0 Å². The summed E-state index contributed by atoms with van der Waals surface area (Å²) in [5, 5.41) is 5.66.